The second-order valence-electron chi connectivity index (χ2n) is 5.31. The molecule has 1 N–H and O–H groups in total. The van der Waals surface area contributed by atoms with Crippen LogP contribution >= 0.6 is 0 Å². The molecule has 1 rings (SSSR count). The summed E-state index contributed by atoms with van der Waals surface area (Å²) in [6, 6.07) is 0. The summed E-state index contributed by atoms with van der Waals surface area (Å²) < 4.78 is 0. The Kier molecular flexibility index (Phi) is 2.07. The smallest absolute Gasteiger partial charge is 0.166 e. The maximum Gasteiger partial charge on any atom is 0.166 e. The van der Waals surface area contributed by atoms with Crippen LogP contribution in [0.3, 0.4) is 0 Å². The van der Waals surface area contributed by atoms with Gasteiger partial charge in [-0.2, -0.15) is 0 Å². The van der Waals surface area contributed by atoms with E-state index in [2.05, 4.69) is 13.8 Å². The van der Waals surface area contributed by atoms with E-state index in [1.165, 1.54) is 0 Å². The van der Waals surface area contributed by atoms with Crippen LogP contribution in [0.5, 0.6) is 0 Å². The van der Waals surface area contributed by atoms with Crippen LogP contribution in [0.25, 0.3) is 0 Å². The van der Waals surface area contributed by atoms with Gasteiger partial charge in [-0.1, -0.05) is 27.7 Å². The van der Waals surface area contributed by atoms with Crippen LogP contribution in [0.1, 0.15) is 40.5 Å². The Labute approximate surface area is 74.0 Å². The monoisotopic (exact) mass is 170 g/mol. The van der Waals surface area contributed by atoms with Gasteiger partial charge >= 0.3 is 0 Å². The second-order valence-corrected chi connectivity index (χ2v) is 5.31. The van der Waals surface area contributed by atoms with Crippen molar-refractivity contribution in [1.29, 1.82) is 0 Å². The lowest BCUT2D eigenvalue weighted by Gasteiger charge is -2.41. The minimum atomic E-state index is -0.747. The predicted octanol–water partition coefficient (Wildman–Crippen LogP) is 1.76. The minimum Gasteiger partial charge on any atom is -0.385 e. The lowest BCUT2D eigenvalue weighted by molar-refractivity contribution is -0.144. The van der Waals surface area contributed by atoms with E-state index in [4.69, 9.17) is 0 Å². The van der Waals surface area contributed by atoms with Crippen LogP contribution in [-0.2, 0) is 4.79 Å². The van der Waals surface area contributed by atoms with Crippen LogP contribution in [0.4, 0.5) is 0 Å². The fraction of sp³-hybridized carbons (Fsp3) is 0.900. The molecule has 0 heterocycles. The van der Waals surface area contributed by atoms with E-state index in [1.807, 2.05) is 13.8 Å². The normalized spacial score (nSPS) is 33.4. The van der Waals surface area contributed by atoms with Crippen molar-refractivity contribution in [2.75, 3.05) is 0 Å². The van der Waals surface area contributed by atoms with E-state index in [1.54, 1.807) is 0 Å². The van der Waals surface area contributed by atoms with Crippen molar-refractivity contribution < 1.29 is 9.90 Å². The highest BCUT2D eigenvalue weighted by Crippen LogP contribution is 2.43. The van der Waals surface area contributed by atoms with E-state index < -0.39 is 6.10 Å². The zero-order valence-corrected chi connectivity index (χ0v) is 8.35. The average molecular weight is 170 g/mol. The number of hydrogen-bond acceptors (Lipinski definition) is 2. The molecule has 0 bridgehead atoms. The van der Waals surface area contributed by atoms with E-state index >= 15 is 0 Å². The van der Waals surface area contributed by atoms with E-state index in [0.717, 1.165) is 6.42 Å². The van der Waals surface area contributed by atoms with E-state index in [-0.39, 0.29) is 16.6 Å². The fourth-order valence-electron chi connectivity index (χ4n) is 2.42. The standard InChI is InChI=1S/C10H18O2/c1-9(2)5-7(11)8(12)10(3,4)6-9/h7,11H,5-6H2,1-4H3. The quantitative estimate of drug-likeness (QED) is 0.601. The predicted molar refractivity (Wildman–Crippen MR) is 47.8 cm³/mol. The summed E-state index contributed by atoms with van der Waals surface area (Å²) in [5.41, 5.74) is -0.252. The third-order valence-electron chi connectivity index (χ3n) is 2.64. The first kappa shape index (κ1) is 9.72. The van der Waals surface area contributed by atoms with Gasteiger partial charge in [-0.15, -0.1) is 0 Å². The largest absolute Gasteiger partial charge is 0.385 e. The summed E-state index contributed by atoms with van der Waals surface area (Å²) in [4.78, 5) is 11.5. The molecule has 70 valence electrons. The topological polar surface area (TPSA) is 37.3 Å². The number of ketones is 1. The molecule has 0 aliphatic heterocycles. The molecule has 0 aromatic rings. The first-order valence-corrected chi connectivity index (χ1v) is 4.47. The summed E-state index contributed by atoms with van der Waals surface area (Å²) in [5, 5.41) is 9.50. The molecule has 1 saturated carbocycles. The first-order valence-electron chi connectivity index (χ1n) is 4.47. The highest BCUT2D eigenvalue weighted by atomic mass is 16.3. The minimum absolute atomic E-state index is 0.00169. The van der Waals surface area contributed by atoms with Crippen LogP contribution in [0.15, 0.2) is 0 Å². The molecule has 1 aliphatic carbocycles. The number of Topliss-reactive ketones (excluding diaryl/α,β-unsaturated/α-hetero) is 1. The van der Waals surface area contributed by atoms with E-state index in [0.29, 0.717) is 6.42 Å². The van der Waals surface area contributed by atoms with Crippen LogP contribution in [-0.4, -0.2) is 17.0 Å². The van der Waals surface area contributed by atoms with Gasteiger partial charge in [0.25, 0.3) is 0 Å². The number of carbonyl (C=O) groups is 1. The Bertz CT molecular complexity index is 204. The number of aliphatic hydroxyl groups excluding tert-OH is 1. The van der Waals surface area contributed by atoms with E-state index in [9.17, 15) is 9.90 Å². The highest BCUT2D eigenvalue weighted by molar-refractivity contribution is 5.88. The molecule has 0 radical (unpaired) electrons. The zero-order valence-electron chi connectivity index (χ0n) is 8.35. The molecule has 0 aromatic carbocycles. The summed E-state index contributed by atoms with van der Waals surface area (Å²) in [7, 11) is 0. The van der Waals surface area contributed by atoms with Gasteiger partial charge in [0.15, 0.2) is 5.78 Å². The lowest BCUT2D eigenvalue weighted by Crippen LogP contribution is -2.45. The van der Waals surface area contributed by atoms with Gasteiger partial charge in [0.1, 0.15) is 6.10 Å². The third-order valence-corrected chi connectivity index (χ3v) is 2.64. The van der Waals surface area contributed by atoms with Crippen molar-refractivity contribution in [1.82, 2.24) is 0 Å². The van der Waals surface area contributed by atoms with Gasteiger partial charge in [0.2, 0.25) is 0 Å². The zero-order chi connectivity index (χ0) is 9.57. The van der Waals surface area contributed by atoms with Gasteiger partial charge in [-0.3, -0.25) is 4.79 Å². The fourth-order valence-corrected chi connectivity index (χ4v) is 2.42. The second kappa shape index (κ2) is 2.56. The molecule has 12 heavy (non-hydrogen) atoms. The van der Waals surface area contributed by atoms with Crippen molar-refractivity contribution in [2.24, 2.45) is 10.8 Å². The van der Waals surface area contributed by atoms with Crippen molar-refractivity contribution in [3.05, 3.63) is 0 Å². The van der Waals surface area contributed by atoms with Gasteiger partial charge in [0, 0.05) is 5.41 Å². The lowest BCUT2D eigenvalue weighted by atomic mass is 9.63. The van der Waals surface area contributed by atoms with Crippen LogP contribution < -0.4 is 0 Å². The van der Waals surface area contributed by atoms with Crippen LogP contribution in [0, 0.1) is 10.8 Å². The van der Waals surface area contributed by atoms with Crippen LogP contribution in [0.2, 0.25) is 0 Å². The summed E-state index contributed by atoms with van der Waals surface area (Å²) >= 11 is 0. The Morgan fingerprint density at radius 1 is 1.33 bits per heavy atom. The molecular weight excluding hydrogens is 152 g/mol. The number of aliphatic hydroxyl groups is 1. The van der Waals surface area contributed by atoms with Crippen molar-refractivity contribution in [2.45, 2.75) is 46.6 Å². The van der Waals surface area contributed by atoms with Crippen molar-refractivity contribution >= 4 is 5.78 Å². The molecule has 1 atom stereocenters. The molecule has 0 amide bonds. The van der Waals surface area contributed by atoms with Crippen molar-refractivity contribution in [3.63, 3.8) is 0 Å². The Balaban J connectivity index is 2.87. The summed E-state index contributed by atoms with van der Waals surface area (Å²) in [6.45, 7) is 8.04. The SMILES string of the molecule is CC1(C)CC(O)C(=O)C(C)(C)C1. The van der Waals surface area contributed by atoms with Gasteiger partial charge < -0.3 is 5.11 Å². The maximum atomic E-state index is 11.5. The molecule has 2 nitrogen and oxygen atoms in total. The molecular formula is C10H18O2. The molecule has 0 spiro atoms. The first-order chi connectivity index (χ1) is 5.25. The Morgan fingerprint density at radius 3 is 2.25 bits per heavy atom. The number of hydrogen-bond donors (Lipinski definition) is 1. The molecule has 0 saturated heterocycles. The molecule has 1 unspecified atom stereocenters. The Hall–Kier alpha value is -0.370. The van der Waals surface area contributed by atoms with Gasteiger partial charge in [-0.25, -0.2) is 0 Å². The average Bonchev–Trinajstić information content (AvgIpc) is 1.79. The molecule has 0 aromatic heterocycles. The number of rotatable bonds is 0. The van der Waals surface area contributed by atoms with Gasteiger partial charge in [0.05, 0.1) is 0 Å². The molecule has 1 aliphatic rings. The van der Waals surface area contributed by atoms with Gasteiger partial charge in [-0.05, 0) is 18.3 Å². The summed E-state index contributed by atoms with van der Waals surface area (Å²) in [5.74, 6) is 0.00169. The number of carbonyl (C=O) groups excluding carboxylic acids is 1. The molecule has 2 heteroatoms. The Morgan fingerprint density at radius 2 is 1.83 bits per heavy atom. The highest BCUT2D eigenvalue weighted by Gasteiger charge is 2.44. The maximum absolute atomic E-state index is 11.5. The van der Waals surface area contributed by atoms with Crippen molar-refractivity contribution in [3.8, 4) is 0 Å². The molecule has 1 fully saturated rings. The third kappa shape index (κ3) is 1.69. The summed E-state index contributed by atoms with van der Waals surface area (Å²) in [6.07, 6.45) is 0.731.